The van der Waals surface area contributed by atoms with Gasteiger partial charge in [0.15, 0.2) is 0 Å². The van der Waals surface area contributed by atoms with Crippen LogP contribution in [-0.2, 0) is 9.59 Å². The molecule has 1 unspecified atom stereocenters. The Hall–Kier alpha value is -2.24. The topological polar surface area (TPSA) is 61.9 Å². The summed E-state index contributed by atoms with van der Waals surface area (Å²) in [6.45, 7) is 6.03. The first kappa shape index (κ1) is 16.1. The highest BCUT2D eigenvalue weighted by atomic mass is 16.5. The highest BCUT2D eigenvalue weighted by molar-refractivity contribution is 5.86. The molecule has 0 spiro atoms. The van der Waals surface area contributed by atoms with Crippen LogP contribution >= 0.6 is 0 Å². The van der Waals surface area contributed by atoms with E-state index in [0.717, 1.165) is 24.5 Å². The van der Waals surface area contributed by atoms with Crippen LogP contribution in [0.25, 0.3) is 0 Å². The fourth-order valence-electron chi connectivity index (χ4n) is 2.62. The molecule has 1 atom stereocenters. The summed E-state index contributed by atoms with van der Waals surface area (Å²) in [6.07, 6.45) is 0. The van der Waals surface area contributed by atoms with Crippen LogP contribution in [0.4, 0.5) is 5.69 Å². The van der Waals surface area contributed by atoms with E-state index in [9.17, 15) is 9.59 Å². The number of methoxy groups -OCH3 is 1. The van der Waals surface area contributed by atoms with Gasteiger partial charge in [0.1, 0.15) is 11.8 Å². The maximum Gasteiger partial charge on any atom is 0.244 e. The summed E-state index contributed by atoms with van der Waals surface area (Å²) in [5.74, 6) is 0.629. The average molecular weight is 305 g/mol. The molecule has 2 amide bonds. The Kier molecular flexibility index (Phi) is 5.25. The second kappa shape index (κ2) is 7.15. The summed E-state index contributed by atoms with van der Waals surface area (Å²) in [6, 6.07) is 7.45. The van der Waals surface area contributed by atoms with E-state index < -0.39 is 6.04 Å². The molecule has 1 N–H and O–H groups in total. The van der Waals surface area contributed by atoms with Gasteiger partial charge in [0.2, 0.25) is 11.8 Å². The lowest BCUT2D eigenvalue weighted by Crippen LogP contribution is -2.54. The fourth-order valence-corrected chi connectivity index (χ4v) is 2.62. The third-order valence-electron chi connectivity index (χ3n) is 3.82. The molecule has 0 bridgehead atoms. The standard InChI is InChI=1S/C16H23N3O3/c1-12(17-13(2)20)16(21)19-10-8-18(9-11-19)14-4-6-15(22-3)7-5-14/h4-7,12H,8-11H2,1-3H3,(H,17,20). The summed E-state index contributed by atoms with van der Waals surface area (Å²) in [7, 11) is 1.65. The molecule has 120 valence electrons. The van der Waals surface area contributed by atoms with Crippen molar-refractivity contribution in [3.8, 4) is 5.75 Å². The molecule has 6 heteroatoms. The molecular formula is C16H23N3O3. The predicted molar refractivity (Wildman–Crippen MR) is 85.1 cm³/mol. The van der Waals surface area contributed by atoms with Crippen molar-refractivity contribution in [1.82, 2.24) is 10.2 Å². The largest absolute Gasteiger partial charge is 0.497 e. The molecule has 1 aliphatic rings. The number of nitrogens with zero attached hydrogens (tertiary/aromatic N) is 2. The van der Waals surface area contributed by atoms with E-state index in [1.165, 1.54) is 6.92 Å². The van der Waals surface area contributed by atoms with Gasteiger partial charge in [-0.15, -0.1) is 0 Å². The van der Waals surface area contributed by atoms with Crippen LogP contribution in [0.5, 0.6) is 5.75 Å². The molecule has 0 aliphatic carbocycles. The number of nitrogens with one attached hydrogen (secondary N) is 1. The monoisotopic (exact) mass is 305 g/mol. The predicted octanol–water partition coefficient (Wildman–Crippen LogP) is 0.868. The first-order chi connectivity index (χ1) is 10.5. The molecule has 22 heavy (non-hydrogen) atoms. The molecule has 1 fully saturated rings. The van der Waals surface area contributed by atoms with E-state index in [1.807, 2.05) is 24.3 Å². The van der Waals surface area contributed by atoms with E-state index in [-0.39, 0.29) is 11.8 Å². The van der Waals surface area contributed by atoms with Crippen LogP contribution in [0.3, 0.4) is 0 Å². The summed E-state index contributed by atoms with van der Waals surface area (Å²) >= 11 is 0. The van der Waals surface area contributed by atoms with Crippen molar-refractivity contribution >= 4 is 17.5 Å². The van der Waals surface area contributed by atoms with Crippen molar-refractivity contribution < 1.29 is 14.3 Å². The SMILES string of the molecule is COc1ccc(N2CCN(C(=O)C(C)NC(C)=O)CC2)cc1. The molecule has 1 aromatic carbocycles. The quantitative estimate of drug-likeness (QED) is 0.896. The average Bonchev–Trinajstić information content (AvgIpc) is 2.54. The van der Waals surface area contributed by atoms with E-state index in [1.54, 1.807) is 18.9 Å². The minimum Gasteiger partial charge on any atom is -0.497 e. The van der Waals surface area contributed by atoms with Gasteiger partial charge in [-0.1, -0.05) is 0 Å². The minimum atomic E-state index is -0.468. The molecule has 1 aromatic rings. The Labute approximate surface area is 131 Å². The van der Waals surface area contributed by atoms with Crippen LogP contribution in [0, 0.1) is 0 Å². The van der Waals surface area contributed by atoms with E-state index in [0.29, 0.717) is 13.1 Å². The van der Waals surface area contributed by atoms with Crippen LogP contribution < -0.4 is 15.0 Å². The number of rotatable bonds is 4. The van der Waals surface area contributed by atoms with Gasteiger partial charge in [0.25, 0.3) is 0 Å². The third-order valence-corrected chi connectivity index (χ3v) is 3.82. The molecule has 0 saturated carbocycles. The molecular weight excluding hydrogens is 282 g/mol. The van der Waals surface area contributed by atoms with Crippen molar-refractivity contribution in [2.45, 2.75) is 19.9 Å². The van der Waals surface area contributed by atoms with Crippen LogP contribution in [0.1, 0.15) is 13.8 Å². The number of hydrogen-bond donors (Lipinski definition) is 1. The molecule has 1 heterocycles. The Morgan fingerprint density at radius 3 is 2.23 bits per heavy atom. The molecule has 0 aromatic heterocycles. The lowest BCUT2D eigenvalue weighted by atomic mass is 10.2. The lowest BCUT2D eigenvalue weighted by Gasteiger charge is -2.37. The molecule has 2 rings (SSSR count). The Balaban J connectivity index is 1.89. The smallest absolute Gasteiger partial charge is 0.244 e. The zero-order valence-electron chi connectivity index (χ0n) is 13.3. The summed E-state index contributed by atoms with van der Waals surface area (Å²) < 4.78 is 5.16. The third kappa shape index (κ3) is 3.90. The highest BCUT2D eigenvalue weighted by Crippen LogP contribution is 2.20. The van der Waals surface area contributed by atoms with Crippen LogP contribution in [-0.4, -0.2) is 56.0 Å². The van der Waals surface area contributed by atoms with Crippen molar-refractivity contribution in [1.29, 1.82) is 0 Å². The maximum atomic E-state index is 12.2. The van der Waals surface area contributed by atoms with Gasteiger partial charge in [-0.2, -0.15) is 0 Å². The van der Waals surface area contributed by atoms with Crippen LogP contribution in [0.2, 0.25) is 0 Å². The number of hydrogen-bond acceptors (Lipinski definition) is 4. The first-order valence-corrected chi connectivity index (χ1v) is 7.46. The molecule has 1 aliphatic heterocycles. The molecule has 6 nitrogen and oxygen atoms in total. The zero-order valence-corrected chi connectivity index (χ0v) is 13.3. The summed E-state index contributed by atoms with van der Waals surface area (Å²) in [4.78, 5) is 27.3. The van der Waals surface area contributed by atoms with E-state index in [2.05, 4.69) is 10.2 Å². The van der Waals surface area contributed by atoms with Crippen molar-refractivity contribution in [3.63, 3.8) is 0 Å². The maximum absolute atomic E-state index is 12.2. The minimum absolute atomic E-state index is 0.0235. The Bertz CT molecular complexity index is 522. The van der Waals surface area contributed by atoms with Gasteiger partial charge in [-0.25, -0.2) is 0 Å². The number of amides is 2. The second-order valence-corrected chi connectivity index (χ2v) is 5.43. The summed E-state index contributed by atoms with van der Waals surface area (Å²) in [5.41, 5.74) is 1.13. The number of benzene rings is 1. The highest BCUT2D eigenvalue weighted by Gasteiger charge is 2.25. The van der Waals surface area contributed by atoms with Crippen molar-refractivity contribution in [2.75, 3.05) is 38.2 Å². The number of ether oxygens (including phenoxy) is 1. The Morgan fingerprint density at radius 1 is 1.14 bits per heavy atom. The number of carbonyl (C=O) groups is 2. The first-order valence-electron chi connectivity index (χ1n) is 7.46. The van der Waals surface area contributed by atoms with Gasteiger partial charge in [-0.05, 0) is 31.2 Å². The van der Waals surface area contributed by atoms with Gasteiger partial charge in [0.05, 0.1) is 7.11 Å². The van der Waals surface area contributed by atoms with Crippen LogP contribution in [0.15, 0.2) is 24.3 Å². The van der Waals surface area contributed by atoms with Gasteiger partial charge >= 0.3 is 0 Å². The van der Waals surface area contributed by atoms with Gasteiger partial charge in [-0.3, -0.25) is 9.59 Å². The molecule has 0 radical (unpaired) electrons. The van der Waals surface area contributed by atoms with Gasteiger partial charge in [0, 0.05) is 38.8 Å². The van der Waals surface area contributed by atoms with Gasteiger partial charge < -0.3 is 19.9 Å². The number of piperazine rings is 1. The normalized spacial score (nSPS) is 16.1. The van der Waals surface area contributed by atoms with E-state index >= 15 is 0 Å². The van der Waals surface area contributed by atoms with Crippen molar-refractivity contribution in [3.05, 3.63) is 24.3 Å². The van der Waals surface area contributed by atoms with Crippen molar-refractivity contribution in [2.24, 2.45) is 0 Å². The Morgan fingerprint density at radius 2 is 1.73 bits per heavy atom. The number of anilines is 1. The summed E-state index contributed by atoms with van der Waals surface area (Å²) in [5, 5.41) is 2.64. The molecule has 1 saturated heterocycles. The fraction of sp³-hybridized carbons (Fsp3) is 0.500. The number of carbonyl (C=O) groups excluding carboxylic acids is 2. The second-order valence-electron chi connectivity index (χ2n) is 5.43. The zero-order chi connectivity index (χ0) is 16.1. The lowest BCUT2D eigenvalue weighted by molar-refractivity contribution is -0.135. The van der Waals surface area contributed by atoms with E-state index in [4.69, 9.17) is 4.74 Å².